The van der Waals surface area contributed by atoms with Crippen molar-refractivity contribution in [3.63, 3.8) is 0 Å². The number of pyridine rings is 1. The normalized spacial score (nSPS) is 17.3. The molecule has 0 saturated carbocycles. The van der Waals surface area contributed by atoms with E-state index in [9.17, 15) is 14.0 Å². The molecule has 2 aliphatic rings. The molecule has 0 radical (unpaired) electrons. The third-order valence-corrected chi connectivity index (χ3v) is 6.31. The Morgan fingerprint density at radius 1 is 1.13 bits per heavy atom. The van der Waals surface area contributed by atoms with Crippen molar-refractivity contribution in [1.82, 2.24) is 14.8 Å². The molecule has 0 spiro atoms. The average Bonchev–Trinajstić information content (AvgIpc) is 3.09. The molecule has 7 heteroatoms. The van der Waals surface area contributed by atoms with Crippen molar-refractivity contribution in [1.29, 1.82) is 0 Å². The van der Waals surface area contributed by atoms with Crippen LogP contribution in [0.15, 0.2) is 48.5 Å². The van der Waals surface area contributed by atoms with Gasteiger partial charge in [-0.05, 0) is 42.7 Å². The lowest BCUT2D eigenvalue weighted by molar-refractivity contribution is 0.0587. The molecule has 2 N–H and O–H groups in total. The number of carbonyl (C=O) groups is 2. The summed E-state index contributed by atoms with van der Waals surface area (Å²) in [6.07, 6.45) is 1.64. The number of hydrogen-bond acceptors (Lipinski definition) is 4. The maximum Gasteiger partial charge on any atom is 0.255 e. The van der Waals surface area contributed by atoms with Gasteiger partial charge in [0.05, 0.1) is 22.3 Å². The summed E-state index contributed by atoms with van der Waals surface area (Å²) < 4.78 is 13.9. The SMILES string of the molecule is NC(=O)c1cc(F)cc2c1C(=O)N(C1CCN(Cc3ccc4ccccc4n3)CC1)C2. The van der Waals surface area contributed by atoms with Crippen molar-refractivity contribution >= 4 is 22.7 Å². The predicted molar refractivity (Wildman–Crippen MR) is 115 cm³/mol. The van der Waals surface area contributed by atoms with Crippen LogP contribution in [-0.4, -0.2) is 45.7 Å². The number of nitrogens with two attached hydrogens (primary N) is 1. The first-order chi connectivity index (χ1) is 15.0. The molecular weight excluding hydrogens is 395 g/mol. The van der Waals surface area contributed by atoms with Gasteiger partial charge >= 0.3 is 0 Å². The number of carbonyl (C=O) groups excluding carboxylic acids is 2. The highest BCUT2D eigenvalue weighted by molar-refractivity contribution is 6.09. The first-order valence-electron chi connectivity index (χ1n) is 10.5. The number of halogens is 1. The molecule has 5 rings (SSSR count). The van der Waals surface area contributed by atoms with E-state index >= 15 is 0 Å². The number of primary amides is 1. The van der Waals surface area contributed by atoms with Gasteiger partial charge in [0.2, 0.25) is 5.91 Å². The van der Waals surface area contributed by atoms with Gasteiger partial charge in [-0.2, -0.15) is 0 Å². The summed E-state index contributed by atoms with van der Waals surface area (Å²) in [6, 6.07) is 14.7. The van der Waals surface area contributed by atoms with Gasteiger partial charge in [-0.1, -0.05) is 24.3 Å². The van der Waals surface area contributed by atoms with Gasteiger partial charge in [-0.3, -0.25) is 19.5 Å². The van der Waals surface area contributed by atoms with E-state index in [1.54, 1.807) is 4.90 Å². The Balaban J connectivity index is 1.26. The third kappa shape index (κ3) is 3.65. The van der Waals surface area contributed by atoms with Crippen molar-refractivity contribution in [2.24, 2.45) is 5.73 Å². The molecule has 2 amide bonds. The molecule has 31 heavy (non-hydrogen) atoms. The molecule has 0 atom stereocenters. The highest BCUT2D eigenvalue weighted by Gasteiger charge is 2.37. The Kier molecular flexibility index (Phi) is 4.90. The summed E-state index contributed by atoms with van der Waals surface area (Å²) >= 11 is 0. The minimum atomic E-state index is -0.774. The van der Waals surface area contributed by atoms with Crippen LogP contribution in [0.3, 0.4) is 0 Å². The van der Waals surface area contributed by atoms with Crippen molar-refractivity contribution in [3.8, 4) is 0 Å². The molecule has 0 bridgehead atoms. The number of hydrogen-bond donors (Lipinski definition) is 1. The molecule has 158 valence electrons. The van der Waals surface area contributed by atoms with E-state index in [0.717, 1.165) is 55.1 Å². The van der Waals surface area contributed by atoms with Crippen LogP contribution < -0.4 is 5.73 Å². The van der Waals surface area contributed by atoms with Crippen LogP contribution >= 0.6 is 0 Å². The number of benzene rings is 2. The van der Waals surface area contributed by atoms with Gasteiger partial charge in [0, 0.05) is 37.6 Å². The van der Waals surface area contributed by atoms with Crippen molar-refractivity contribution in [2.45, 2.75) is 32.0 Å². The summed E-state index contributed by atoms with van der Waals surface area (Å²) in [5.74, 6) is -1.54. The molecule has 2 aliphatic heterocycles. The number of aromatic nitrogens is 1. The summed E-state index contributed by atoms with van der Waals surface area (Å²) in [6.45, 7) is 2.78. The first kappa shape index (κ1) is 19.6. The second kappa shape index (κ2) is 7.74. The van der Waals surface area contributed by atoms with E-state index in [2.05, 4.69) is 23.1 Å². The summed E-state index contributed by atoms with van der Waals surface area (Å²) in [5.41, 5.74) is 8.18. The Bertz CT molecular complexity index is 1190. The fourth-order valence-corrected chi connectivity index (χ4v) is 4.74. The molecule has 3 aromatic rings. The van der Waals surface area contributed by atoms with E-state index in [-0.39, 0.29) is 23.1 Å². The Morgan fingerprint density at radius 2 is 1.90 bits per heavy atom. The van der Waals surface area contributed by atoms with Crippen LogP contribution in [-0.2, 0) is 13.1 Å². The van der Waals surface area contributed by atoms with Gasteiger partial charge in [-0.25, -0.2) is 4.39 Å². The standard InChI is InChI=1S/C24H23FN4O2/c25-17-11-16-13-29(24(31)22(16)20(12-17)23(26)30)19-7-9-28(10-8-19)14-18-6-5-15-3-1-2-4-21(15)27-18/h1-6,11-12,19H,7-10,13-14H2,(H2,26,30). The lowest BCUT2D eigenvalue weighted by Crippen LogP contribution is -2.44. The maximum atomic E-state index is 13.9. The summed E-state index contributed by atoms with van der Waals surface area (Å²) in [5, 5.41) is 1.13. The average molecular weight is 418 g/mol. The van der Waals surface area contributed by atoms with Crippen LogP contribution in [0.2, 0.25) is 0 Å². The van der Waals surface area contributed by atoms with E-state index in [1.165, 1.54) is 6.07 Å². The largest absolute Gasteiger partial charge is 0.366 e. The van der Waals surface area contributed by atoms with Crippen LogP contribution in [0.5, 0.6) is 0 Å². The number of para-hydroxylation sites is 1. The van der Waals surface area contributed by atoms with Crippen LogP contribution in [0.25, 0.3) is 10.9 Å². The highest BCUT2D eigenvalue weighted by atomic mass is 19.1. The van der Waals surface area contributed by atoms with E-state index in [1.807, 2.05) is 18.2 Å². The number of nitrogens with zero attached hydrogens (tertiary/aromatic N) is 3. The van der Waals surface area contributed by atoms with Crippen molar-refractivity contribution in [3.05, 3.63) is 76.7 Å². The molecule has 0 unspecified atom stereocenters. The smallest absolute Gasteiger partial charge is 0.255 e. The van der Waals surface area contributed by atoms with Crippen molar-refractivity contribution < 1.29 is 14.0 Å². The summed E-state index contributed by atoms with van der Waals surface area (Å²) in [7, 11) is 0. The van der Waals surface area contributed by atoms with Crippen molar-refractivity contribution in [2.75, 3.05) is 13.1 Å². The predicted octanol–water partition coefficient (Wildman–Crippen LogP) is 3.09. The quantitative estimate of drug-likeness (QED) is 0.706. The van der Waals surface area contributed by atoms with Gasteiger partial charge in [0.15, 0.2) is 0 Å². The number of piperidine rings is 1. The maximum absolute atomic E-state index is 13.9. The molecule has 3 heterocycles. The Morgan fingerprint density at radius 3 is 2.68 bits per heavy atom. The Labute approximate surface area is 179 Å². The monoisotopic (exact) mass is 418 g/mol. The fraction of sp³-hybridized carbons (Fsp3) is 0.292. The van der Waals surface area contributed by atoms with Gasteiger partial charge in [0.1, 0.15) is 5.82 Å². The van der Waals surface area contributed by atoms with Crippen LogP contribution in [0.4, 0.5) is 4.39 Å². The van der Waals surface area contributed by atoms with Gasteiger partial charge in [0.25, 0.3) is 5.91 Å². The zero-order valence-electron chi connectivity index (χ0n) is 17.1. The molecule has 1 fully saturated rings. The van der Waals surface area contributed by atoms with E-state index in [4.69, 9.17) is 10.7 Å². The lowest BCUT2D eigenvalue weighted by Gasteiger charge is -2.36. The fourth-order valence-electron chi connectivity index (χ4n) is 4.74. The molecule has 0 aliphatic carbocycles. The minimum Gasteiger partial charge on any atom is -0.366 e. The summed E-state index contributed by atoms with van der Waals surface area (Å²) in [4.78, 5) is 33.6. The lowest BCUT2D eigenvalue weighted by atomic mass is 10.0. The third-order valence-electron chi connectivity index (χ3n) is 6.31. The second-order valence-corrected chi connectivity index (χ2v) is 8.29. The first-order valence-corrected chi connectivity index (χ1v) is 10.5. The number of likely N-dealkylation sites (tertiary alicyclic amines) is 1. The molecular formula is C24H23FN4O2. The molecule has 6 nitrogen and oxygen atoms in total. The second-order valence-electron chi connectivity index (χ2n) is 8.29. The topological polar surface area (TPSA) is 79.5 Å². The highest BCUT2D eigenvalue weighted by Crippen LogP contribution is 2.31. The zero-order chi connectivity index (χ0) is 21.5. The molecule has 1 aromatic heterocycles. The van der Waals surface area contributed by atoms with E-state index < -0.39 is 11.7 Å². The number of rotatable bonds is 4. The van der Waals surface area contributed by atoms with Gasteiger partial charge in [-0.15, -0.1) is 0 Å². The minimum absolute atomic E-state index is 0.0256. The molecule has 2 aromatic carbocycles. The number of amides is 2. The molecule has 1 saturated heterocycles. The van der Waals surface area contributed by atoms with Crippen LogP contribution in [0, 0.1) is 5.82 Å². The number of fused-ring (bicyclic) bond motifs is 2. The Hall–Kier alpha value is -3.32. The van der Waals surface area contributed by atoms with Crippen LogP contribution in [0.1, 0.15) is 44.8 Å². The zero-order valence-corrected chi connectivity index (χ0v) is 17.1. The van der Waals surface area contributed by atoms with E-state index in [0.29, 0.717) is 12.1 Å². The van der Waals surface area contributed by atoms with Gasteiger partial charge < -0.3 is 10.6 Å².